The van der Waals surface area contributed by atoms with Crippen LogP contribution in [0.5, 0.6) is 0 Å². The Kier molecular flexibility index (Phi) is 6.59. The van der Waals surface area contributed by atoms with Gasteiger partial charge in [-0.25, -0.2) is 0 Å². The van der Waals surface area contributed by atoms with E-state index in [4.69, 9.17) is 17.0 Å². The molecule has 0 radical (unpaired) electrons. The third kappa shape index (κ3) is 5.71. The van der Waals surface area contributed by atoms with E-state index in [1.165, 1.54) is 35.6 Å². The largest absolute Gasteiger partial charge is 0.416 e. The van der Waals surface area contributed by atoms with Crippen molar-refractivity contribution in [1.29, 1.82) is 5.41 Å². The van der Waals surface area contributed by atoms with Gasteiger partial charge in [0.2, 0.25) is 5.91 Å². The number of hydrogen-bond acceptors (Lipinski definition) is 3. The lowest BCUT2D eigenvalue weighted by molar-refractivity contribution is -0.137. The molecule has 1 heterocycles. The van der Waals surface area contributed by atoms with Crippen molar-refractivity contribution in [2.75, 3.05) is 10.6 Å². The molecule has 0 atom stereocenters. The molecule has 9 heteroatoms. The maximum Gasteiger partial charge on any atom is 0.416 e. The first-order chi connectivity index (χ1) is 14.2. The molecule has 3 rings (SSSR count). The number of benzene rings is 2. The molecule has 3 aromatic rings. The van der Waals surface area contributed by atoms with Crippen LogP contribution in [0.1, 0.15) is 16.7 Å². The first kappa shape index (κ1) is 21.6. The molecule has 0 aliphatic heterocycles. The highest BCUT2D eigenvalue weighted by Gasteiger charge is 2.32. The summed E-state index contributed by atoms with van der Waals surface area (Å²) < 4.78 is 39.1. The van der Waals surface area contributed by atoms with Crippen molar-refractivity contribution in [3.63, 3.8) is 0 Å². The SMILES string of the molecule is N=C(Nc1cc(Cl)cc(NC(=O)/C=C/c2ccccc2C(F)(F)F)c1)c1ccsc1. The zero-order valence-electron chi connectivity index (χ0n) is 15.3. The van der Waals surface area contributed by atoms with Crippen LogP contribution in [0, 0.1) is 5.41 Å². The molecule has 3 N–H and O–H groups in total. The summed E-state index contributed by atoms with van der Waals surface area (Å²) in [7, 11) is 0. The second-order valence-corrected chi connectivity index (χ2v) is 7.36. The quantitative estimate of drug-likeness (QED) is 0.236. The summed E-state index contributed by atoms with van der Waals surface area (Å²) >= 11 is 7.54. The van der Waals surface area contributed by atoms with Gasteiger partial charge in [-0.15, -0.1) is 0 Å². The van der Waals surface area contributed by atoms with Gasteiger partial charge in [0.15, 0.2) is 0 Å². The summed E-state index contributed by atoms with van der Waals surface area (Å²) in [5.74, 6) is -0.451. The van der Waals surface area contributed by atoms with Crippen LogP contribution in [0.2, 0.25) is 5.02 Å². The number of carbonyl (C=O) groups excluding carboxylic acids is 1. The maximum absolute atomic E-state index is 13.0. The maximum atomic E-state index is 13.0. The van der Waals surface area contributed by atoms with Gasteiger partial charge in [-0.1, -0.05) is 29.8 Å². The van der Waals surface area contributed by atoms with Crippen LogP contribution in [-0.2, 0) is 11.0 Å². The fraction of sp³-hybridized carbons (Fsp3) is 0.0476. The third-order valence-corrected chi connectivity index (χ3v) is 4.83. The lowest BCUT2D eigenvalue weighted by Gasteiger charge is -2.11. The highest BCUT2D eigenvalue weighted by atomic mass is 35.5. The number of thiophene rings is 1. The fourth-order valence-corrected chi connectivity index (χ4v) is 3.49. The summed E-state index contributed by atoms with van der Waals surface area (Å²) in [5.41, 5.74) is 0.590. The zero-order chi connectivity index (χ0) is 21.7. The molecular formula is C21H15ClF3N3OS. The van der Waals surface area contributed by atoms with E-state index in [9.17, 15) is 18.0 Å². The molecule has 0 saturated carbocycles. The summed E-state index contributed by atoms with van der Waals surface area (Å²) in [6.45, 7) is 0. The lowest BCUT2D eigenvalue weighted by Crippen LogP contribution is -2.12. The van der Waals surface area contributed by atoms with Crippen LogP contribution in [-0.4, -0.2) is 11.7 Å². The van der Waals surface area contributed by atoms with Crippen LogP contribution < -0.4 is 10.6 Å². The topological polar surface area (TPSA) is 65.0 Å². The van der Waals surface area contributed by atoms with Crippen molar-refractivity contribution in [3.8, 4) is 0 Å². The van der Waals surface area contributed by atoms with E-state index >= 15 is 0 Å². The van der Waals surface area contributed by atoms with Gasteiger partial charge in [-0.3, -0.25) is 10.2 Å². The second-order valence-electron chi connectivity index (χ2n) is 6.15. The van der Waals surface area contributed by atoms with Gasteiger partial charge in [-0.2, -0.15) is 24.5 Å². The van der Waals surface area contributed by atoms with E-state index in [1.807, 2.05) is 10.8 Å². The molecule has 2 aromatic carbocycles. The minimum Gasteiger partial charge on any atom is -0.340 e. The van der Waals surface area contributed by atoms with Crippen molar-refractivity contribution >= 4 is 52.1 Å². The standard InChI is InChI=1S/C21H15ClF3N3OS/c22-15-9-16(11-17(10-15)28-20(26)14-7-8-30-12-14)27-19(29)6-5-13-3-1-2-4-18(13)21(23,24)25/h1-12H,(H2,26,28)(H,27,29)/b6-5+. The Morgan fingerprint density at radius 3 is 2.43 bits per heavy atom. The third-order valence-electron chi connectivity index (χ3n) is 3.92. The van der Waals surface area contributed by atoms with Gasteiger partial charge in [0.1, 0.15) is 5.84 Å². The van der Waals surface area contributed by atoms with Crippen molar-refractivity contribution < 1.29 is 18.0 Å². The number of rotatable bonds is 5. The van der Waals surface area contributed by atoms with Gasteiger partial charge in [0, 0.05) is 33.4 Å². The number of alkyl halides is 3. The monoisotopic (exact) mass is 449 g/mol. The Bertz CT molecular complexity index is 1100. The molecule has 4 nitrogen and oxygen atoms in total. The van der Waals surface area contributed by atoms with Crippen LogP contribution in [0.4, 0.5) is 24.5 Å². The van der Waals surface area contributed by atoms with Gasteiger partial charge in [0.05, 0.1) is 5.56 Å². The fourth-order valence-electron chi connectivity index (χ4n) is 2.61. The highest BCUT2D eigenvalue weighted by Crippen LogP contribution is 2.32. The molecule has 0 unspecified atom stereocenters. The highest BCUT2D eigenvalue weighted by molar-refractivity contribution is 7.08. The van der Waals surface area contributed by atoms with Crippen molar-refractivity contribution in [3.05, 3.63) is 87.1 Å². The van der Waals surface area contributed by atoms with E-state index in [2.05, 4.69) is 10.6 Å². The molecule has 0 spiro atoms. The summed E-state index contributed by atoms with van der Waals surface area (Å²) in [4.78, 5) is 12.2. The summed E-state index contributed by atoms with van der Waals surface area (Å²) in [6.07, 6.45) is -2.39. The molecular weight excluding hydrogens is 435 g/mol. The number of nitrogens with one attached hydrogen (secondary N) is 3. The average molecular weight is 450 g/mol. The van der Waals surface area contributed by atoms with Crippen LogP contribution >= 0.6 is 22.9 Å². The number of amides is 1. The van der Waals surface area contributed by atoms with E-state index in [-0.39, 0.29) is 11.4 Å². The average Bonchev–Trinajstić information content (AvgIpc) is 3.20. The second kappa shape index (κ2) is 9.15. The smallest absolute Gasteiger partial charge is 0.340 e. The number of hydrogen-bond donors (Lipinski definition) is 3. The van der Waals surface area contributed by atoms with E-state index in [1.54, 1.807) is 18.2 Å². The van der Waals surface area contributed by atoms with Crippen molar-refractivity contribution in [1.82, 2.24) is 0 Å². The molecule has 1 amide bonds. The van der Waals surface area contributed by atoms with Gasteiger partial charge in [0.25, 0.3) is 0 Å². The van der Waals surface area contributed by atoms with Gasteiger partial charge in [-0.05, 0) is 47.4 Å². The molecule has 0 aliphatic rings. The summed E-state index contributed by atoms with van der Waals surface area (Å²) in [6, 6.07) is 11.4. The van der Waals surface area contributed by atoms with Crippen LogP contribution in [0.3, 0.4) is 0 Å². The zero-order valence-corrected chi connectivity index (χ0v) is 16.8. The lowest BCUT2D eigenvalue weighted by atomic mass is 10.1. The molecule has 30 heavy (non-hydrogen) atoms. The van der Waals surface area contributed by atoms with Crippen LogP contribution in [0.15, 0.2) is 65.4 Å². The van der Waals surface area contributed by atoms with Gasteiger partial charge >= 0.3 is 6.18 Å². The van der Waals surface area contributed by atoms with Crippen LogP contribution in [0.25, 0.3) is 6.08 Å². The number of carbonyl (C=O) groups is 1. The van der Waals surface area contributed by atoms with E-state index in [0.29, 0.717) is 22.0 Å². The first-order valence-electron chi connectivity index (χ1n) is 8.56. The number of anilines is 2. The van der Waals surface area contributed by atoms with Crippen molar-refractivity contribution in [2.45, 2.75) is 6.18 Å². The van der Waals surface area contributed by atoms with Crippen molar-refractivity contribution in [2.24, 2.45) is 0 Å². The number of halogens is 4. The number of amidine groups is 1. The normalized spacial score (nSPS) is 11.5. The van der Waals surface area contributed by atoms with E-state index < -0.39 is 17.6 Å². The minimum absolute atomic E-state index is 0.113. The molecule has 154 valence electrons. The first-order valence-corrected chi connectivity index (χ1v) is 9.88. The molecule has 0 aliphatic carbocycles. The van der Waals surface area contributed by atoms with E-state index in [0.717, 1.165) is 18.2 Å². The summed E-state index contributed by atoms with van der Waals surface area (Å²) in [5, 5.41) is 17.5. The molecule has 0 saturated heterocycles. The Balaban J connectivity index is 1.72. The minimum atomic E-state index is -4.52. The predicted molar refractivity (Wildman–Crippen MR) is 115 cm³/mol. The van der Waals surface area contributed by atoms with Gasteiger partial charge < -0.3 is 10.6 Å². The Morgan fingerprint density at radius 1 is 1.07 bits per heavy atom. The molecule has 0 bridgehead atoms. The predicted octanol–water partition coefficient (Wildman–Crippen LogP) is 6.51. The Morgan fingerprint density at radius 2 is 1.77 bits per heavy atom. The molecule has 0 fully saturated rings. The Hall–Kier alpha value is -3.10. The Labute approximate surface area is 179 Å². The molecule has 1 aromatic heterocycles.